The number of aryl methyl sites for hydroxylation is 2. The lowest BCUT2D eigenvalue weighted by Crippen LogP contribution is -2.19. The van der Waals surface area contributed by atoms with Crippen LogP contribution in [0.15, 0.2) is 42.9 Å². The molecule has 0 aliphatic rings. The minimum absolute atomic E-state index is 0.247. The molecule has 24 heavy (non-hydrogen) atoms. The Kier molecular flexibility index (Phi) is 4.57. The van der Waals surface area contributed by atoms with Gasteiger partial charge in [-0.25, -0.2) is 4.39 Å². The summed E-state index contributed by atoms with van der Waals surface area (Å²) < 4.78 is 16.4. The van der Waals surface area contributed by atoms with E-state index in [4.69, 9.17) is 12.2 Å². The normalized spacial score (nSPS) is 10.6. The molecule has 0 unspecified atom stereocenters. The number of aromatic nitrogens is 4. The molecule has 1 aromatic carbocycles. The molecule has 3 aromatic rings. The van der Waals surface area contributed by atoms with Crippen molar-refractivity contribution in [3.63, 3.8) is 0 Å². The van der Waals surface area contributed by atoms with Crippen molar-refractivity contribution in [3.8, 4) is 0 Å². The van der Waals surface area contributed by atoms with Gasteiger partial charge in [0.05, 0.1) is 29.8 Å². The Hall–Kier alpha value is -2.74. The molecule has 124 valence electrons. The van der Waals surface area contributed by atoms with Crippen molar-refractivity contribution >= 4 is 28.7 Å². The van der Waals surface area contributed by atoms with Gasteiger partial charge >= 0.3 is 0 Å². The monoisotopic (exact) mass is 344 g/mol. The highest BCUT2D eigenvalue weighted by molar-refractivity contribution is 7.80. The van der Waals surface area contributed by atoms with E-state index in [0.717, 1.165) is 22.6 Å². The lowest BCUT2D eigenvalue weighted by Gasteiger charge is -2.07. The van der Waals surface area contributed by atoms with E-state index >= 15 is 0 Å². The molecule has 0 amide bonds. The third kappa shape index (κ3) is 3.96. The second kappa shape index (κ2) is 6.79. The predicted octanol–water partition coefficient (Wildman–Crippen LogP) is 2.92. The second-order valence-electron chi connectivity index (χ2n) is 5.43. The molecule has 0 aliphatic carbocycles. The van der Waals surface area contributed by atoms with E-state index in [9.17, 15) is 4.39 Å². The Morgan fingerprint density at radius 2 is 1.96 bits per heavy atom. The summed E-state index contributed by atoms with van der Waals surface area (Å²) in [5.74, 6) is -0.247. The van der Waals surface area contributed by atoms with Gasteiger partial charge in [-0.05, 0) is 36.8 Å². The first-order chi connectivity index (χ1) is 11.5. The van der Waals surface area contributed by atoms with Crippen LogP contribution in [0.4, 0.5) is 15.8 Å². The zero-order valence-electron chi connectivity index (χ0n) is 13.3. The van der Waals surface area contributed by atoms with E-state index in [2.05, 4.69) is 20.8 Å². The Balaban J connectivity index is 1.60. The number of hydrogen-bond acceptors (Lipinski definition) is 3. The number of nitrogens with zero attached hydrogens (tertiary/aromatic N) is 4. The highest BCUT2D eigenvalue weighted by Gasteiger charge is 2.06. The van der Waals surface area contributed by atoms with Crippen LogP contribution in [0.2, 0.25) is 0 Å². The summed E-state index contributed by atoms with van der Waals surface area (Å²) in [5, 5.41) is 15.2. The Morgan fingerprint density at radius 1 is 1.21 bits per heavy atom. The summed E-state index contributed by atoms with van der Waals surface area (Å²) in [4.78, 5) is 0. The molecule has 0 radical (unpaired) electrons. The van der Waals surface area contributed by atoms with Gasteiger partial charge in [-0.1, -0.05) is 12.1 Å². The molecular formula is C16H17FN6S. The first kappa shape index (κ1) is 16.1. The van der Waals surface area contributed by atoms with Crippen molar-refractivity contribution in [3.05, 3.63) is 59.9 Å². The van der Waals surface area contributed by atoms with Crippen molar-refractivity contribution in [1.29, 1.82) is 0 Å². The molecule has 2 aromatic heterocycles. The second-order valence-corrected chi connectivity index (χ2v) is 5.84. The molecule has 2 N–H and O–H groups in total. The summed E-state index contributed by atoms with van der Waals surface area (Å²) in [6.07, 6.45) is 5.39. The van der Waals surface area contributed by atoms with Crippen molar-refractivity contribution in [2.24, 2.45) is 7.05 Å². The largest absolute Gasteiger partial charge is 0.330 e. The molecular weight excluding hydrogens is 327 g/mol. The first-order valence-corrected chi connectivity index (χ1v) is 7.75. The maximum Gasteiger partial charge on any atom is 0.175 e. The SMILES string of the molecule is Cc1nn(C)cc1NC(=S)Nc1cnn(Cc2ccc(F)cc2)c1. The zero-order valence-corrected chi connectivity index (χ0v) is 14.1. The van der Waals surface area contributed by atoms with Crippen LogP contribution >= 0.6 is 12.2 Å². The van der Waals surface area contributed by atoms with Gasteiger partial charge in [0.1, 0.15) is 5.82 Å². The minimum atomic E-state index is -0.247. The Labute approximate surface area is 144 Å². The smallest absolute Gasteiger partial charge is 0.175 e. The number of thiocarbonyl (C=S) groups is 1. The molecule has 8 heteroatoms. The molecule has 0 bridgehead atoms. The minimum Gasteiger partial charge on any atom is -0.330 e. The fourth-order valence-corrected chi connectivity index (χ4v) is 2.53. The molecule has 2 heterocycles. The average molecular weight is 344 g/mol. The average Bonchev–Trinajstić information content (AvgIpc) is 3.08. The van der Waals surface area contributed by atoms with Gasteiger partial charge < -0.3 is 10.6 Å². The quantitative estimate of drug-likeness (QED) is 0.713. The van der Waals surface area contributed by atoms with E-state index in [-0.39, 0.29) is 5.82 Å². The summed E-state index contributed by atoms with van der Waals surface area (Å²) in [6.45, 7) is 2.47. The van der Waals surface area contributed by atoms with Crippen LogP contribution in [0.25, 0.3) is 0 Å². The van der Waals surface area contributed by atoms with E-state index < -0.39 is 0 Å². The van der Waals surface area contributed by atoms with Crippen LogP contribution in [0, 0.1) is 12.7 Å². The van der Waals surface area contributed by atoms with Gasteiger partial charge in [0.25, 0.3) is 0 Å². The Morgan fingerprint density at radius 3 is 2.62 bits per heavy atom. The maximum absolute atomic E-state index is 12.9. The highest BCUT2D eigenvalue weighted by Crippen LogP contribution is 2.13. The fourth-order valence-electron chi connectivity index (χ4n) is 2.30. The topological polar surface area (TPSA) is 59.7 Å². The third-order valence-corrected chi connectivity index (χ3v) is 3.61. The molecule has 0 fully saturated rings. The van der Waals surface area contributed by atoms with E-state index in [1.165, 1.54) is 12.1 Å². The van der Waals surface area contributed by atoms with Crippen molar-refractivity contribution in [2.75, 3.05) is 10.6 Å². The molecule has 0 saturated heterocycles. The lowest BCUT2D eigenvalue weighted by atomic mass is 10.2. The maximum atomic E-state index is 12.9. The Bertz CT molecular complexity index is 852. The molecule has 3 rings (SSSR count). The van der Waals surface area contributed by atoms with Crippen molar-refractivity contribution in [2.45, 2.75) is 13.5 Å². The molecule has 0 saturated carbocycles. The van der Waals surface area contributed by atoms with Crippen molar-refractivity contribution in [1.82, 2.24) is 19.6 Å². The zero-order chi connectivity index (χ0) is 17.1. The number of hydrogen-bond donors (Lipinski definition) is 2. The van der Waals surface area contributed by atoms with Gasteiger partial charge in [0.15, 0.2) is 5.11 Å². The van der Waals surface area contributed by atoms with Gasteiger partial charge in [-0.15, -0.1) is 0 Å². The summed E-state index contributed by atoms with van der Waals surface area (Å²) in [7, 11) is 1.86. The highest BCUT2D eigenvalue weighted by atomic mass is 32.1. The fraction of sp³-hybridized carbons (Fsp3) is 0.188. The van der Waals surface area contributed by atoms with Gasteiger partial charge in [-0.2, -0.15) is 10.2 Å². The third-order valence-electron chi connectivity index (χ3n) is 3.41. The van der Waals surface area contributed by atoms with Crippen molar-refractivity contribution < 1.29 is 4.39 Å². The summed E-state index contributed by atoms with van der Waals surface area (Å²) in [5.41, 5.74) is 3.47. The van der Waals surface area contributed by atoms with Crippen LogP contribution in [-0.4, -0.2) is 24.7 Å². The van der Waals surface area contributed by atoms with Crippen LogP contribution in [0.5, 0.6) is 0 Å². The standard InChI is InChI=1S/C16H17FN6S/c1-11-15(10-22(2)21-11)20-16(24)19-14-7-18-23(9-14)8-12-3-5-13(17)6-4-12/h3-7,9-10H,8H2,1-2H3,(H2,19,20,24). The van der Waals surface area contributed by atoms with E-state index in [1.807, 2.05) is 26.4 Å². The number of halogens is 1. The summed E-state index contributed by atoms with van der Waals surface area (Å²) >= 11 is 5.30. The van der Waals surface area contributed by atoms with Crippen LogP contribution in [0.3, 0.4) is 0 Å². The number of anilines is 2. The number of rotatable bonds is 4. The van der Waals surface area contributed by atoms with Crippen LogP contribution < -0.4 is 10.6 Å². The molecule has 0 aliphatic heterocycles. The first-order valence-electron chi connectivity index (χ1n) is 7.35. The van der Waals surface area contributed by atoms with Gasteiger partial charge in [-0.3, -0.25) is 9.36 Å². The molecule has 0 atom stereocenters. The van der Waals surface area contributed by atoms with Crippen LogP contribution in [-0.2, 0) is 13.6 Å². The number of benzene rings is 1. The van der Waals surface area contributed by atoms with E-state index in [0.29, 0.717) is 11.7 Å². The van der Waals surface area contributed by atoms with Gasteiger partial charge in [0.2, 0.25) is 0 Å². The van der Waals surface area contributed by atoms with Gasteiger partial charge in [0, 0.05) is 19.4 Å². The predicted molar refractivity (Wildman–Crippen MR) is 95.5 cm³/mol. The molecule has 6 nitrogen and oxygen atoms in total. The summed E-state index contributed by atoms with van der Waals surface area (Å²) in [6, 6.07) is 6.35. The lowest BCUT2D eigenvalue weighted by molar-refractivity contribution is 0.624. The number of nitrogens with one attached hydrogen (secondary N) is 2. The van der Waals surface area contributed by atoms with E-state index in [1.54, 1.807) is 27.7 Å². The molecule has 0 spiro atoms. The van der Waals surface area contributed by atoms with Crippen LogP contribution in [0.1, 0.15) is 11.3 Å².